The van der Waals surface area contributed by atoms with E-state index in [2.05, 4.69) is 5.32 Å². The summed E-state index contributed by atoms with van der Waals surface area (Å²) in [5.74, 6) is 0.296. The number of nitrogens with zero attached hydrogens (tertiary/aromatic N) is 1. The van der Waals surface area contributed by atoms with Crippen LogP contribution in [-0.2, 0) is 16.1 Å². The fraction of sp³-hybridized carbons (Fsp3) is 0.364. The molecule has 0 atom stereocenters. The van der Waals surface area contributed by atoms with Crippen molar-refractivity contribution in [1.29, 1.82) is 0 Å². The van der Waals surface area contributed by atoms with Gasteiger partial charge in [0.2, 0.25) is 5.91 Å². The van der Waals surface area contributed by atoms with E-state index in [1.54, 1.807) is 45.0 Å². The van der Waals surface area contributed by atoms with Crippen LogP contribution < -0.4 is 10.1 Å². The summed E-state index contributed by atoms with van der Waals surface area (Å²) in [5.41, 5.74) is 0.961. The molecule has 0 radical (unpaired) electrons. The molecule has 0 heterocycles. The molecule has 0 spiro atoms. The van der Waals surface area contributed by atoms with Crippen LogP contribution in [-0.4, -0.2) is 47.3 Å². The van der Waals surface area contributed by atoms with Crippen molar-refractivity contribution in [3.63, 3.8) is 0 Å². The number of ether oxygens (including phenoxy) is 2. The smallest absolute Gasteiger partial charge is 0.410 e. The van der Waals surface area contributed by atoms with Gasteiger partial charge in [-0.05, 0) is 50.6 Å². The third-order valence-corrected chi connectivity index (χ3v) is 3.74. The van der Waals surface area contributed by atoms with Gasteiger partial charge in [0.1, 0.15) is 24.5 Å². The molecule has 156 valence electrons. The molecular weight excluding hydrogens is 372 g/mol. The van der Waals surface area contributed by atoms with E-state index in [4.69, 9.17) is 14.6 Å². The molecule has 2 aromatic rings. The van der Waals surface area contributed by atoms with Crippen molar-refractivity contribution in [1.82, 2.24) is 4.90 Å². The Labute approximate surface area is 171 Å². The van der Waals surface area contributed by atoms with Crippen LogP contribution in [0.25, 0.3) is 0 Å². The van der Waals surface area contributed by atoms with Crippen molar-refractivity contribution in [2.75, 3.05) is 25.0 Å². The van der Waals surface area contributed by atoms with Gasteiger partial charge in [0.25, 0.3) is 0 Å². The number of nitrogens with one attached hydrogen (secondary N) is 1. The van der Waals surface area contributed by atoms with Gasteiger partial charge in [0, 0.05) is 12.2 Å². The lowest BCUT2D eigenvalue weighted by atomic mass is 10.2. The second kappa shape index (κ2) is 10.5. The average molecular weight is 400 g/mol. The van der Waals surface area contributed by atoms with Gasteiger partial charge in [0.15, 0.2) is 0 Å². The SMILES string of the molecule is CC(C)(C)OC(=O)N(CCO)CC(=O)Nc1ccc(OCc2ccccc2)cc1. The molecule has 0 unspecified atom stereocenters. The number of carbonyl (C=O) groups excluding carboxylic acids is 2. The maximum atomic E-state index is 12.3. The first-order chi connectivity index (χ1) is 13.8. The first-order valence-electron chi connectivity index (χ1n) is 9.42. The van der Waals surface area contributed by atoms with Crippen molar-refractivity contribution >= 4 is 17.7 Å². The maximum absolute atomic E-state index is 12.3. The Balaban J connectivity index is 1.87. The molecule has 0 bridgehead atoms. The average Bonchev–Trinajstić information content (AvgIpc) is 2.66. The highest BCUT2D eigenvalue weighted by Crippen LogP contribution is 2.17. The standard InChI is InChI=1S/C22H28N2O5/c1-22(2,3)29-21(27)24(13-14-25)15-20(26)23-18-9-11-19(12-10-18)28-16-17-7-5-4-6-8-17/h4-12,25H,13-16H2,1-3H3,(H,23,26). The van der Waals surface area contributed by atoms with Gasteiger partial charge in [-0.1, -0.05) is 30.3 Å². The number of carbonyl (C=O) groups is 2. The van der Waals surface area contributed by atoms with Crippen LogP contribution in [0.2, 0.25) is 0 Å². The van der Waals surface area contributed by atoms with E-state index in [0.29, 0.717) is 18.0 Å². The van der Waals surface area contributed by atoms with E-state index in [-0.39, 0.29) is 25.6 Å². The Morgan fingerprint density at radius 2 is 1.69 bits per heavy atom. The minimum atomic E-state index is -0.684. The van der Waals surface area contributed by atoms with E-state index in [9.17, 15) is 9.59 Å². The van der Waals surface area contributed by atoms with Gasteiger partial charge in [0.05, 0.1) is 6.61 Å². The molecule has 0 fully saturated rings. The predicted molar refractivity (Wildman–Crippen MR) is 111 cm³/mol. The minimum absolute atomic E-state index is 0.00853. The topological polar surface area (TPSA) is 88.1 Å². The van der Waals surface area contributed by atoms with Gasteiger partial charge in [-0.15, -0.1) is 0 Å². The zero-order valence-electron chi connectivity index (χ0n) is 17.1. The molecular formula is C22H28N2O5. The van der Waals surface area contributed by atoms with Gasteiger partial charge in [-0.25, -0.2) is 4.79 Å². The number of aliphatic hydroxyl groups excluding tert-OH is 1. The highest BCUT2D eigenvalue weighted by molar-refractivity contribution is 5.93. The first-order valence-corrected chi connectivity index (χ1v) is 9.42. The first kappa shape index (κ1) is 22.2. The van der Waals surface area contributed by atoms with Crippen molar-refractivity contribution in [3.8, 4) is 5.75 Å². The number of benzene rings is 2. The summed E-state index contributed by atoms with van der Waals surface area (Å²) in [4.78, 5) is 25.6. The Bertz CT molecular complexity index is 785. The lowest BCUT2D eigenvalue weighted by Gasteiger charge is -2.26. The number of aliphatic hydroxyl groups is 1. The lowest BCUT2D eigenvalue weighted by molar-refractivity contribution is -0.117. The Morgan fingerprint density at radius 3 is 2.28 bits per heavy atom. The number of amides is 2. The van der Waals surface area contributed by atoms with Crippen molar-refractivity contribution < 1.29 is 24.2 Å². The Morgan fingerprint density at radius 1 is 1.03 bits per heavy atom. The van der Waals surface area contributed by atoms with Crippen LogP contribution >= 0.6 is 0 Å². The molecule has 2 N–H and O–H groups in total. The Kier molecular flexibility index (Phi) is 8.03. The third-order valence-electron chi connectivity index (χ3n) is 3.74. The maximum Gasteiger partial charge on any atom is 0.410 e. The van der Waals surface area contributed by atoms with Gasteiger partial charge in [-0.3, -0.25) is 9.69 Å². The number of rotatable bonds is 8. The third kappa shape index (κ3) is 8.23. The van der Waals surface area contributed by atoms with Crippen LogP contribution in [0, 0.1) is 0 Å². The fourth-order valence-corrected chi connectivity index (χ4v) is 2.43. The number of anilines is 1. The minimum Gasteiger partial charge on any atom is -0.489 e. The molecule has 0 aliphatic carbocycles. The number of hydrogen-bond donors (Lipinski definition) is 2. The summed E-state index contributed by atoms with van der Waals surface area (Å²) in [6, 6.07) is 16.8. The zero-order valence-corrected chi connectivity index (χ0v) is 17.1. The second-order valence-corrected chi connectivity index (χ2v) is 7.47. The molecule has 0 saturated heterocycles. The molecule has 0 aliphatic rings. The van der Waals surface area contributed by atoms with Crippen LogP contribution in [0.4, 0.5) is 10.5 Å². The van der Waals surface area contributed by atoms with E-state index >= 15 is 0 Å². The summed E-state index contributed by atoms with van der Waals surface area (Å²) in [5, 5.41) is 11.9. The quantitative estimate of drug-likeness (QED) is 0.709. The molecule has 7 heteroatoms. The molecule has 0 aliphatic heterocycles. The van der Waals surface area contributed by atoms with E-state index in [0.717, 1.165) is 10.5 Å². The monoisotopic (exact) mass is 400 g/mol. The Hall–Kier alpha value is -3.06. The molecule has 2 rings (SSSR count). The van der Waals surface area contributed by atoms with Crippen LogP contribution in [0.5, 0.6) is 5.75 Å². The summed E-state index contributed by atoms with van der Waals surface area (Å²) >= 11 is 0. The van der Waals surface area contributed by atoms with Crippen LogP contribution in [0.15, 0.2) is 54.6 Å². The van der Waals surface area contributed by atoms with E-state index < -0.39 is 11.7 Å². The van der Waals surface area contributed by atoms with E-state index in [1.165, 1.54) is 0 Å². The summed E-state index contributed by atoms with van der Waals surface area (Å²) < 4.78 is 11.0. The summed E-state index contributed by atoms with van der Waals surface area (Å²) in [6.07, 6.45) is -0.647. The largest absolute Gasteiger partial charge is 0.489 e. The van der Waals surface area contributed by atoms with Gasteiger partial charge in [-0.2, -0.15) is 0 Å². The molecule has 7 nitrogen and oxygen atoms in total. The molecule has 2 amide bonds. The predicted octanol–water partition coefficient (Wildman–Crippen LogP) is 3.43. The molecule has 0 aromatic heterocycles. The van der Waals surface area contributed by atoms with E-state index in [1.807, 2.05) is 30.3 Å². The lowest BCUT2D eigenvalue weighted by Crippen LogP contribution is -2.42. The highest BCUT2D eigenvalue weighted by atomic mass is 16.6. The second-order valence-electron chi connectivity index (χ2n) is 7.47. The highest BCUT2D eigenvalue weighted by Gasteiger charge is 2.23. The van der Waals surface area contributed by atoms with Crippen LogP contribution in [0.1, 0.15) is 26.3 Å². The fourth-order valence-electron chi connectivity index (χ4n) is 2.43. The normalized spacial score (nSPS) is 10.9. The molecule has 29 heavy (non-hydrogen) atoms. The summed E-state index contributed by atoms with van der Waals surface area (Å²) in [7, 11) is 0. The number of hydrogen-bond acceptors (Lipinski definition) is 5. The van der Waals surface area contributed by atoms with Gasteiger partial charge >= 0.3 is 6.09 Å². The van der Waals surface area contributed by atoms with Crippen molar-refractivity contribution in [3.05, 3.63) is 60.2 Å². The van der Waals surface area contributed by atoms with Crippen molar-refractivity contribution in [2.24, 2.45) is 0 Å². The van der Waals surface area contributed by atoms with Crippen LogP contribution in [0.3, 0.4) is 0 Å². The van der Waals surface area contributed by atoms with Crippen molar-refractivity contribution in [2.45, 2.75) is 33.0 Å². The zero-order chi connectivity index (χ0) is 21.3. The van der Waals surface area contributed by atoms with Gasteiger partial charge < -0.3 is 19.9 Å². The molecule has 2 aromatic carbocycles. The molecule has 0 saturated carbocycles. The summed E-state index contributed by atoms with van der Waals surface area (Å²) in [6.45, 7) is 5.20.